The Morgan fingerprint density at radius 1 is 1.50 bits per heavy atom. The molecule has 1 atom stereocenters. The maximum absolute atomic E-state index is 13.0. The molecule has 1 aliphatic heterocycles. The van der Waals surface area contributed by atoms with E-state index in [0.29, 0.717) is 18.3 Å². The van der Waals surface area contributed by atoms with Crippen LogP contribution in [0.25, 0.3) is 0 Å². The molecule has 16 heavy (non-hydrogen) atoms. The normalized spacial score (nSPS) is 20.0. The second-order valence-corrected chi connectivity index (χ2v) is 4.18. The molecular formula is C13H17FO2. The van der Waals surface area contributed by atoms with E-state index in [2.05, 4.69) is 0 Å². The third-order valence-electron chi connectivity index (χ3n) is 2.86. The minimum absolute atomic E-state index is 0.188. The molecule has 2 rings (SSSR count). The molecule has 2 nitrogen and oxygen atoms in total. The van der Waals surface area contributed by atoms with Gasteiger partial charge in [0.15, 0.2) is 0 Å². The van der Waals surface area contributed by atoms with E-state index in [9.17, 15) is 4.39 Å². The highest BCUT2D eigenvalue weighted by molar-refractivity contribution is 5.28. The van der Waals surface area contributed by atoms with Crippen molar-refractivity contribution in [3.8, 4) is 5.75 Å². The second-order valence-electron chi connectivity index (χ2n) is 4.18. The molecule has 1 heterocycles. The highest BCUT2D eigenvalue weighted by atomic mass is 19.1. The Kier molecular flexibility index (Phi) is 3.78. The van der Waals surface area contributed by atoms with Gasteiger partial charge < -0.3 is 9.47 Å². The van der Waals surface area contributed by atoms with E-state index in [4.69, 9.17) is 9.47 Å². The van der Waals surface area contributed by atoms with Gasteiger partial charge in [0.25, 0.3) is 0 Å². The Morgan fingerprint density at radius 3 is 3.06 bits per heavy atom. The first-order valence-corrected chi connectivity index (χ1v) is 5.76. The van der Waals surface area contributed by atoms with Gasteiger partial charge in [0, 0.05) is 13.0 Å². The Morgan fingerprint density at radius 2 is 2.38 bits per heavy atom. The third-order valence-corrected chi connectivity index (χ3v) is 2.86. The van der Waals surface area contributed by atoms with Crippen molar-refractivity contribution in [3.63, 3.8) is 0 Å². The molecule has 1 aromatic rings. The summed E-state index contributed by atoms with van der Waals surface area (Å²) in [5.41, 5.74) is 0.620. The molecule has 1 fully saturated rings. The first kappa shape index (κ1) is 11.4. The summed E-state index contributed by atoms with van der Waals surface area (Å²) < 4.78 is 24.0. The van der Waals surface area contributed by atoms with Crippen LogP contribution in [0.1, 0.15) is 24.8 Å². The number of halogens is 1. The first-order valence-electron chi connectivity index (χ1n) is 5.76. The monoisotopic (exact) mass is 224 g/mol. The van der Waals surface area contributed by atoms with Crippen LogP contribution in [-0.2, 0) is 4.74 Å². The zero-order valence-corrected chi connectivity index (χ0v) is 9.54. The van der Waals surface area contributed by atoms with Gasteiger partial charge in [-0.3, -0.25) is 0 Å². The summed E-state index contributed by atoms with van der Waals surface area (Å²) >= 11 is 0. The van der Waals surface area contributed by atoms with Crippen molar-refractivity contribution in [2.45, 2.75) is 32.3 Å². The van der Waals surface area contributed by atoms with E-state index >= 15 is 0 Å². The lowest BCUT2D eigenvalue weighted by Crippen LogP contribution is -2.10. The van der Waals surface area contributed by atoms with E-state index in [1.807, 2.05) is 0 Å². The highest BCUT2D eigenvalue weighted by Crippen LogP contribution is 2.18. The van der Waals surface area contributed by atoms with Crippen LogP contribution in [0.2, 0.25) is 0 Å². The lowest BCUT2D eigenvalue weighted by atomic mass is 10.2. The van der Waals surface area contributed by atoms with Gasteiger partial charge in [0.2, 0.25) is 0 Å². The Bertz CT molecular complexity index is 346. The summed E-state index contributed by atoms with van der Waals surface area (Å²) in [6.45, 7) is 3.25. The smallest absolute Gasteiger partial charge is 0.126 e. The molecule has 1 aromatic carbocycles. The molecule has 0 aliphatic carbocycles. The maximum Gasteiger partial charge on any atom is 0.126 e. The molecule has 0 N–H and O–H groups in total. The van der Waals surface area contributed by atoms with Crippen LogP contribution in [0.15, 0.2) is 18.2 Å². The lowest BCUT2D eigenvalue weighted by molar-refractivity contribution is 0.0903. The van der Waals surface area contributed by atoms with Crippen molar-refractivity contribution in [2.75, 3.05) is 13.2 Å². The van der Waals surface area contributed by atoms with Gasteiger partial charge >= 0.3 is 0 Å². The maximum atomic E-state index is 13.0. The van der Waals surface area contributed by atoms with Gasteiger partial charge in [0.05, 0.1) is 12.7 Å². The standard InChI is InChI=1S/C13H17FO2/c1-10-9-12(4-5-13(10)14)16-8-6-11-3-2-7-15-11/h4-5,9,11H,2-3,6-8H2,1H3. The van der Waals surface area contributed by atoms with E-state index in [-0.39, 0.29) is 5.82 Å². The number of ether oxygens (including phenoxy) is 2. The number of hydrogen-bond acceptors (Lipinski definition) is 2. The quantitative estimate of drug-likeness (QED) is 0.782. The lowest BCUT2D eigenvalue weighted by Gasteiger charge is -2.11. The molecule has 0 saturated carbocycles. The van der Waals surface area contributed by atoms with Crippen molar-refractivity contribution in [1.29, 1.82) is 0 Å². The molecule has 0 aromatic heterocycles. The van der Waals surface area contributed by atoms with Crippen molar-refractivity contribution >= 4 is 0 Å². The van der Waals surface area contributed by atoms with Crippen LogP contribution >= 0.6 is 0 Å². The van der Waals surface area contributed by atoms with E-state index < -0.39 is 0 Å². The van der Waals surface area contributed by atoms with Gasteiger partial charge in [-0.25, -0.2) is 4.39 Å². The highest BCUT2D eigenvalue weighted by Gasteiger charge is 2.15. The van der Waals surface area contributed by atoms with Crippen LogP contribution in [0.5, 0.6) is 5.75 Å². The number of rotatable bonds is 4. The zero-order valence-electron chi connectivity index (χ0n) is 9.54. The van der Waals surface area contributed by atoms with Gasteiger partial charge in [0.1, 0.15) is 11.6 Å². The summed E-state index contributed by atoms with van der Waals surface area (Å²) in [6.07, 6.45) is 3.55. The summed E-state index contributed by atoms with van der Waals surface area (Å²) in [5.74, 6) is 0.545. The summed E-state index contributed by atoms with van der Waals surface area (Å²) in [4.78, 5) is 0. The Labute approximate surface area is 95.4 Å². The third kappa shape index (κ3) is 2.95. The molecule has 0 amide bonds. The second kappa shape index (κ2) is 5.30. The molecular weight excluding hydrogens is 207 g/mol. The molecule has 1 aliphatic rings. The summed E-state index contributed by atoms with van der Waals surface area (Å²) in [6, 6.07) is 4.83. The zero-order chi connectivity index (χ0) is 11.4. The molecule has 0 spiro atoms. The van der Waals surface area contributed by atoms with Crippen molar-refractivity contribution in [2.24, 2.45) is 0 Å². The fourth-order valence-electron chi connectivity index (χ4n) is 1.89. The Balaban J connectivity index is 1.78. The molecule has 3 heteroatoms. The van der Waals surface area contributed by atoms with Gasteiger partial charge in [-0.15, -0.1) is 0 Å². The summed E-state index contributed by atoms with van der Waals surface area (Å²) in [5, 5.41) is 0. The fraction of sp³-hybridized carbons (Fsp3) is 0.538. The predicted octanol–water partition coefficient (Wildman–Crippen LogP) is 3.08. The van der Waals surface area contributed by atoms with Crippen LogP contribution < -0.4 is 4.74 Å². The van der Waals surface area contributed by atoms with E-state index in [0.717, 1.165) is 31.6 Å². The molecule has 1 saturated heterocycles. The average molecular weight is 224 g/mol. The number of aryl methyl sites for hydroxylation is 1. The van der Waals surface area contributed by atoms with Crippen molar-refractivity contribution in [1.82, 2.24) is 0 Å². The summed E-state index contributed by atoms with van der Waals surface area (Å²) in [7, 11) is 0. The van der Waals surface area contributed by atoms with Crippen LogP contribution in [0, 0.1) is 12.7 Å². The fourth-order valence-corrected chi connectivity index (χ4v) is 1.89. The minimum Gasteiger partial charge on any atom is -0.493 e. The first-order chi connectivity index (χ1) is 7.75. The largest absolute Gasteiger partial charge is 0.493 e. The Hall–Kier alpha value is -1.09. The number of hydrogen-bond donors (Lipinski definition) is 0. The molecule has 1 unspecified atom stereocenters. The molecule has 88 valence electrons. The minimum atomic E-state index is -0.188. The van der Waals surface area contributed by atoms with Gasteiger partial charge in [-0.2, -0.15) is 0 Å². The molecule has 0 radical (unpaired) electrons. The average Bonchev–Trinajstić information content (AvgIpc) is 2.76. The SMILES string of the molecule is Cc1cc(OCCC2CCCO2)ccc1F. The van der Waals surface area contributed by atoms with Gasteiger partial charge in [-0.05, 0) is 43.5 Å². The predicted molar refractivity (Wildman–Crippen MR) is 60.2 cm³/mol. The number of benzene rings is 1. The topological polar surface area (TPSA) is 18.5 Å². The van der Waals surface area contributed by atoms with Crippen LogP contribution in [0.3, 0.4) is 0 Å². The van der Waals surface area contributed by atoms with Crippen LogP contribution in [-0.4, -0.2) is 19.3 Å². The molecule has 0 bridgehead atoms. The van der Waals surface area contributed by atoms with Crippen molar-refractivity contribution in [3.05, 3.63) is 29.6 Å². The van der Waals surface area contributed by atoms with Gasteiger partial charge in [-0.1, -0.05) is 0 Å². The van der Waals surface area contributed by atoms with E-state index in [1.54, 1.807) is 19.1 Å². The van der Waals surface area contributed by atoms with Crippen LogP contribution in [0.4, 0.5) is 4.39 Å². The van der Waals surface area contributed by atoms with E-state index in [1.165, 1.54) is 6.07 Å². The van der Waals surface area contributed by atoms with Crippen molar-refractivity contribution < 1.29 is 13.9 Å².